The summed E-state index contributed by atoms with van der Waals surface area (Å²) in [5.74, 6) is -0.648. The molecule has 3 rings (SSSR count). The highest BCUT2D eigenvalue weighted by Gasteiger charge is 2.31. The van der Waals surface area contributed by atoms with Crippen molar-refractivity contribution in [3.8, 4) is 5.75 Å². The Kier molecular flexibility index (Phi) is 6.21. The zero-order valence-corrected chi connectivity index (χ0v) is 17.8. The summed E-state index contributed by atoms with van der Waals surface area (Å²) >= 11 is 1.38. The second-order valence-corrected chi connectivity index (χ2v) is 8.63. The molecule has 0 bridgehead atoms. The van der Waals surface area contributed by atoms with Crippen molar-refractivity contribution in [2.75, 3.05) is 11.9 Å². The van der Waals surface area contributed by atoms with Crippen LogP contribution in [-0.4, -0.2) is 28.4 Å². The number of nitrogens with zero attached hydrogens (tertiary/aromatic N) is 1. The molecule has 3 N–H and O–H groups in total. The quantitative estimate of drug-likeness (QED) is 0.531. The van der Waals surface area contributed by atoms with Crippen LogP contribution in [0.5, 0.6) is 5.75 Å². The lowest BCUT2D eigenvalue weighted by atomic mass is 9.85. The average Bonchev–Trinajstić information content (AvgIpc) is 3.06. The number of carbonyl (C=O) groups is 2. The van der Waals surface area contributed by atoms with Crippen LogP contribution in [0.15, 0.2) is 39.5 Å². The summed E-state index contributed by atoms with van der Waals surface area (Å²) in [6, 6.07) is 8.78. The molecule has 158 valence electrons. The molecule has 0 atom stereocenters. The Morgan fingerprint density at radius 1 is 1.23 bits per heavy atom. The third-order valence-electron chi connectivity index (χ3n) is 4.48. The van der Waals surface area contributed by atoms with E-state index in [1.54, 1.807) is 20.8 Å². The fourth-order valence-electron chi connectivity index (χ4n) is 3.03. The van der Waals surface area contributed by atoms with Gasteiger partial charge < -0.3 is 20.2 Å². The molecule has 0 aliphatic carbocycles. The van der Waals surface area contributed by atoms with Crippen molar-refractivity contribution in [1.82, 2.24) is 10.3 Å². The molecular weight excluding hydrogens is 406 g/mol. The first-order valence-corrected chi connectivity index (χ1v) is 10.2. The van der Waals surface area contributed by atoms with E-state index in [0.717, 1.165) is 10.2 Å². The number of benzene rings is 1. The molecule has 0 fully saturated rings. The molecule has 0 saturated heterocycles. The molecule has 9 heteroatoms. The third-order valence-corrected chi connectivity index (χ3v) is 5.43. The van der Waals surface area contributed by atoms with Gasteiger partial charge in [0.15, 0.2) is 10.9 Å². The van der Waals surface area contributed by atoms with Gasteiger partial charge in [-0.1, -0.05) is 37.3 Å². The Labute approximate surface area is 176 Å². The molecule has 0 radical (unpaired) electrons. The number of anilines is 1. The normalized spacial score (nSPS) is 11.4. The van der Waals surface area contributed by atoms with E-state index in [-0.39, 0.29) is 37.0 Å². The van der Waals surface area contributed by atoms with Gasteiger partial charge in [0.1, 0.15) is 5.76 Å². The molecule has 2 heterocycles. The Morgan fingerprint density at radius 2 is 1.97 bits per heavy atom. The van der Waals surface area contributed by atoms with Gasteiger partial charge >= 0.3 is 0 Å². The number of fused-ring (bicyclic) bond motifs is 1. The molecule has 2 aromatic heterocycles. The van der Waals surface area contributed by atoms with Gasteiger partial charge in [-0.2, -0.15) is 0 Å². The van der Waals surface area contributed by atoms with E-state index in [2.05, 4.69) is 15.6 Å². The van der Waals surface area contributed by atoms with Crippen LogP contribution in [-0.2, 0) is 15.0 Å². The maximum Gasteiger partial charge on any atom is 0.227 e. The largest absolute Gasteiger partial charge is 0.502 e. The van der Waals surface area contributed by atoms with E-state index in [1.807, 2.05) is 24.3 Å². The van der Waals surface area contributed by atoms with E-state index in [0.29, 0.717) is 10.9 Å². The van der Waals surface area contributed by atoms with Gasteiger partial charge in [0, 0.05) is 30.9 Å². The van der Waals surface area contributed by atoms with Gasteiger partial charge in [-0.3, -0.25) is 14.4 Å². The number of aromatic hydroxyl groups is 1. The number of nitrogens with one attached hydrogen (secondary N) is 2. The first kappa shape index (κ1) is 21.5. The number of hydrogen-bond acceptors (Lipinski definition) is 7. The summed E-state index contributed by atoms with van der Waals surface area (Å²) in [5, 5.41) is 15.9. The van der Waals surface area contributed by atoms with Crippen molar-refractivity contribution in [2.24, 2.45) is 0 Å². The number of aromatic nitrogens is 1. The molecule has 0 saturated carbocycles. The van der Waals surface area contributed by atoms with Gasteiger partial charge in [-0.05, 0) is 19.1 Å². The van der Waals surface area contributed by atoms with Crippen LogP contribution >= 0.6 is 11.3 Å². The molecule has 0 aliphatic heterocycles. The van der Waals surface area contributed by atoms with Crippen LogP contribution in [0.25, 0.3) is 10.2 Å². The fraction of sp³-hybridized carbons (Fsp3) is 0.333. The van der Waals surface area contributed by atoms with Crippen molar-refractivity contribution in [1.29, 1.82) is 0 Å². The number of aryl methyl sites for hydroxylation is 1. The molecule has 8 nitrogen and oxygen atoms in total. The number of amides is 2. The lowest BCUT2D eigenvalue weighted by Gasteiger charge is -2.23. The lowest BCUT2D eigenvalue weighted by Crippen LogP contribution is -2.33. The molecule has 30 heavy (non-hydrogen) atoms. The zero-order valence-electron chi connectivity index (χ0n) is 16.9. The third kappa shape index (κ3) is 5.04. The van der Waals surface area contributed by atoms with Crippen molar-refractivity contribution in [3.05, 3.63) is 52.1 Å². The summed E-state index contributed by atoms with van der Waals surface area (Å²) in [7, 11) is 0. The van der Waals surface area contributed by atoms with Gasteiger partial charge in [-0.15, -0.1) is 0 Å². The zero-order chi connectivity index (χ0) is 21.9. The first-order chi connectivity index (χ1) is 14.2. The summed E-state index contributed by atoms with van der Waals surface area (Å²) in [6.07, 6.45) is 0.0688. The molecule has 3 aromatic rings. The minimum Gasteiger partial charge on any atom is -0.502 e. The Morgan fingerprint density at radius 3 is 2.70 bits per heavy atom. The van der Waals surface area contributed by atoms with Crippen LogP contribution in [0.2, 0.25) is 0 Å². The van der Waals surface area contributed by atoms with Gasteiger partial charge in [0.25, 0.3) is 0 Å². The highest BCUT2D eigenvalue weighted by atomic mass is 32.1. The molecule has 2 amide bonds. The van der Waals surface area contributed by atoms with Crippen molar-refractivity contribution < 1.29 is 19.1 Å². The summed E-state index contributed by atoms with van der Waals surface area (Å²) in [5.41, 5.74) is -0.629. The first-order valence-electron chi connectivity index (χ1n) is 9.42. The number of thiazole rings is 1. The highest BCUT2D eigenvalue weighted by molar-refractivity contribution is 7.22. The van der Waals surface area contributed by atoms with Crippen molar-refractivity contribution in [2.45, 2.75) is 39.0 Å². The average molecular weight is 429 g/mol. The molecule has 0 unspecified atom stereocenters. The molecule has 0 aliphatic rings. The molecule has 0 spiro atoms. The Bertz CT molecular complexity index is 1120. The Hall–Kier alpha value is -3.20. The number of para-hydroxylation sites is 1. The monoisotopic (exact) mass is 429 g/mol. The van der Waals surface area contributed by atoms with E-state index in [1.165, 1.54) is 17.4 Å². The van der Waals surface area contributed by atoms with Gasteiger partial charge in [0.05, 0.1) is 10.2 Å². The van der Waals surface area contributed by atoms with Crippen molar-refractivity contribution in [3.63, 3.8) is 0 Å². The summed E-state index contributed by atoms with van der Waals surface area (Å²) < 4.78 is 6.47. The van der Waals surface area contributed by atoms with Crippen LogP contribution < -0.4 is 16.1 Å². The summed E-state index contributed by atoms with van der Waals surface area (Å²) in [6.45, 7) is 5.15. The Balaban J connectivity index is 1.51. The highest BCUT2D eigenvalue weighted by Crippen LogP contribution is 2.32. The van der Waals surface area contributed by atoms with E-state index in [9.17, 15) is 19.5 Å². The predicted molar refractivity (Wildman–Crippen MR) is 115 cm³/mol. The fourth-order valence-corrected chi connectivity index (χ4v) is 3.91. The number of carbonyl (C=O) groups excluding carboxylic acids is 2. The number of rotatable bonds is 7. The van der Waals surface area contributed by atoms with Crippen molar-refractivity contribution >= 4 is 38.5 Å². The van der Waals surface area contributed by atoms with E-state index in [4.69, 9.17) is 4.42 Å². The lowest BCUT2D eigenvalue weighted by molar-refractivity contribution is -0.122. The molecule has 1 aromatic carbocycles. The SMILES string of the molecule is Cc1cc(=O)c(O)c(C(C)(C)CC(=O)NCCC(=O)Nc2nc3ccccc3s2)o1. The topological polar surface area (TPSA) is 122 Å². The van der Waals surface area contributed by atoms with E-state index >= 15 is 0 Å². The van der Waals surface area contributed by atoms with Crippen LogP contribution in [0.4, 0.5) is 5.13 Å². The minimum atomic E-state index is -0.900. The second kappa shape index (κ2) is 8.66. The number of hydrogen-bond donors (Lipinski definition) is 3. The van der Waals surface area contributed by atoms with E-state index < -0.39 is 16.6 Å². The smallest absolute Gasteiger partial charge is 0.227 e. The standard InChI is InChI=1S/C21H23N3O5S/c1-12-10-14(25)18(28)19(29-12)21(2,3)11-17(27)22-9-8-16(26)24-20-23-13-6-4-5-7-15(13)30-20/h4-7,10,28H,8-9,11H2,1-3H3,(H,22,27)(H,23,24,26). The predicted octanol–water partition coefficient (Wildman–Crippen LogP) is 3.08. The summed E-state index contributed by atoms with van der Waals surface area (Å²) in [4.78, 5) is 40.6. The maximum atomic E-state index is 12.3. The minimum absolute atomic E-state index is 0.0214. The van der Waals surface area contributed by atoms with Gasteiger partial charge in [-0.25, -0.2) is 4.98 Å². The van der Waals surface area contributed by atoms with Crippen LogP contribution in [0.1, 0.15) is 38.2 Å². The van der Waals surface area contributed by atoms with Crippen LogP contribution in [0, 0.1) is 6.92 Å². The van der Waals surface area contributed by atoms with Crippen LogP contribution in [0.3, 0.4) is 0 Å². The molecular formula is C21H23N3O5S. The van der Waals surface area contributed by atoms with Gasteiger partial charge in [0.2, 0.25) is 23.0 Å². The maximum absolute atomic E-state index is 12.3. The second-order valence-electron chi connectivity index (χ2n) is 7.59.